The van der Waals surface area contributed by atoms with Gasteiger partial charge in [0.15, 0.2) is 0 Å². The molecule has 0 aromatic heterocycles. The Morgan fingerprint density at radius 3 is 2.87 bits per heavy atom. The zero-order valence-corrected chi connectivity index (χ0v) is 11.2. The van der Waals surface area contributed by atoms with Crippen LogP contribution in [-0.2, 0) is 4.74 Å². The Morgan fingerprint density at radius 1 is 1.33 bits per heavy atom. The number of nitrogens with zero attached hydrogens (tertiary/aromatic N) is 1. The van der Waals surface area contributed by atoms with Crippen LogP contribution in [0.4, 0.5) is 0 Å². The second-order valence-corrected chi connectivity index (χ2v) is 5.63. The van der Waals surface area contributed by atoms with Crippen molar-refractivity contribution in [2.45, 2.75) is 44.2 Å². The van der Waals surface area contributed by atoms with Crippen LogP contribution in [0, 0.1) is 5.92 Å². The summed E-state index contributed by atoms with van der Waals surface area (Å²) in [5.74, 6) is 0.882. The second-order valence-electron chi connectivity index (χ2n) is 4.98. The highest BCUT2D eigenvalue weighted by Gasteiger charge is 2.31. The van der Waals surface area contributed by atoms with E-state index in [1.165, 1.54) is 50.5 Å². The first-order valence-electron chi connectivity index (χ1n) is 6.16. The molecule has 1 heterocycles. The SMILES string of the molecule is COC1CCCC(N2CCC(CBr)C2)C1. The maximum atomic E-state index is 5.50. The topological polar surface area (TPSA) is 12.5 Å². The summed E-state index contributed by atoms with van der Waals surface area (Å²) in [5, 5.41) is 1.17. The van der Waals surface area contributed by atoms with Gasteiger partial charge in [-0.05, 0) is 44.6 Å². The lowest BCUT2D eigenvalue weighted by Gasteiger charge is -2.34. The number of alkyl halides is 1. The Morgan fingerprint density at radius 2 is 2.20 bits per heavy atom. The molecule has 0 bridgehead atoms. The van der Waals surface area contributed by atoms with Gasteiger partial charge in [0, 0.05) is 25.0 Å². The van der Waals surface area contributed by atoms with Crippen LogP contribution in [0.5, 0.6) is 0 Å². The highest BCUT2D eigenvalue weighted by Crippen LogP contribution is 2.29. The van der Waals surface area contributed by atoms with Crippen molar-refractivity contribution < 1.29 is 4.74 Å². The molecule has 1 aliphatic carbocycles. The van der Waals surface area contributed by atoms with Crippen molar-refractivity contribution in [2.75, 3.05) is 25.5 Å². The smallest absolute Gasteiger partial charge is 0.0586 e. The number of hydrogen-bond acceptors (Lipinski definition) is 2. The minimum Gasteiger partial charge on any atom is -0.381 e. The van der Waals surface area contributed by atoms with E-state index in [1.54, 1.807) is 0 Å². The Hall–Kier alpha value is 0.400. The fourth-order valence-electron chi connectivity index (χ4n) is 2.99. The Labute approximate surface area is 101 Å². The van der Waals surface area contributed by atoms with Crippen molar-refractivity contribution in [1.82, 2.24) is 4.90 Å². The average molecular weight is 276 g/mol. The Balaban J connectivity index is 1.83. The fourth-order valence-corrected chi connectivity index (χ4v) is 3.51. The van der Waals surface area contributed by atoms with Crippen molar-refractivity contribution in [1.29, 1.82) is 0 Å². The first-order chi connectivity index (χ1) is 7.33. The van der Waals surface area contributed by atoms with Crippen LogP contribution in [0.1, 0.15) is 32.1 Å². The lowest BCUT2D eigenvalue weighted by atomic mass is 9.92. The van der Waals surface area contributed by atoms with Gasteiger partial charge in [-0.25, -0.2) is 0 Å². The van der Waals surface area contributed by atoms with Crippen LogP contribution in [0.15, 0.2) is 0 Å². The summed E-state index contributed by atoms with van der Waals surface area (Å²) in [5.41, 5.74) is 0. The van der Waals surface area contributed by atoms with Crippen LogP contribution in [0.3, 0.4) is 0 Å². The summed E-state index contributed by atoms with van der Waals surface area (Å²) in [6.45, 7) is 2.60. The number of methoxy groups -OCH3 is 1. The highest BCUT2D eigenvalue weighted by molar-refractivity contribution is 9.09. The van der Waals surface area contributed by atoms with E-state index >= 15 is 0 Å². The molecule has 0 amide bonds. The molecular weight excluding hydrogens is 254 g/mol. The third-order valence-electron chi connectivity index (χ3n) is 3.98. The fraction of sp³-hybridized carbons (Fsp3) is 1.00. The van der Waals surface area contributed by atoms with E-state index in [1.807, 2.05) is 7.11 Å². The summed E-state index contributed by atoms with van der Waals surface area (Å²) in [6, 6.07) is 0.799. The summed E-state index contributed by atoms with van der Waals surface area (Å²) < 4.78 is 5.50. The van der Waals surface area contributed by atoms with Crippen LogP contribution in [0.2, 0.25) is 0 Å². The first kappa shape index (κ1) is 11.9. The standard InChI is InChI=1S/C12H22BrNO/c1-15-12-4-2-3-11(7-12)14-6-5-10(8-13)9-14/h10-12H,2-9H2,1H3. The molecule has 2 rings (SSSR count). The van der Waals surface area contributed by atoms with Crippen molar-refractivity contribution in [3.8, 4) is 0 Å². The second kappa shape index (κ2) is 5.65. The van der Waals surface area contributed by atoms with E-state index in [4.69, 9.17) is 4.74 Å². The molecule has 0 N–H and O–H groups in total. The summed E-state index contributed by atoms with van der Waals surface area (Å²) in [6.07, 6.45) is 7.15. The van der Waals surface area contributed by atoms with Gasteiger partial charge in [-0.2, -0.15) is 0 Å². The molecular formula is C12H22BrNO. The lowest BCUT2D eigenvalue weighted by molar-refractivity contribution is 0.0334. The highest BCUT2D eigenvalue weighted by atomic mass is 79.9. The van der Waals surface area contributed by atoms with E-state index in [0.717, 1.165) is 12.0 Å². The zero-order valence-electron chi connectivity index (χ0n) is 9.62. The minimum absolute atomic E-state index is 0.520. The van der Waals surface area contributed by atoms with Gasteiger partial charge in [0.25, 0.3) is 0 Å². The summed E-state index contributed by atoms with van der Waals surface area (Å²) >= 11 is 3.60. The quantitative estimate of drug-likeness (QED) is 0.735. The third kappa shape index (κ3) is 2.95. The average Bonchev–Trinajstić information content (AvgIpc) is 2.78. The van der Waals surface area contributed by atoms with Gasteiger partial charge >= 0.3 is 0 Å². The molecule has 2 aliphatic rings. The molecule has 0 aromatic carbocycles. The third-order valence-corrected chi connectivity index (χ3v) is 4.90. The summed E-state index contributed by atoms with van der Waals surface area (Å²) in [4.78, 5) is 2.69. The molecule has 3 atom stereocenters. The summed E-state index contributed by atoms with van der Waals surface area (Å²) in [7, 11) is 1.86. The van der Waals surface area contributed by atoms with Gasteiger partial charge in [0.05, 0.1) is 6.10 Å². The lowest BCUT2D eigenvalue weighted by Crippen LogP contribution is -2.39. The molecule has 0 aromatic rings. The van der Waals surface area contributed by atoms with E-state index in [9.17, 15) is 0 Å². The molecule has 3 heteroatoms. The van der Waals surface area contributed by atoms with Gasteiger partial charge < -0.3 is 4.74 Å². The van der Waals surface area contributed by atoms with E-state index in [0.29, 0.717) is 6.10 Å². The van der Waals surface area contributed by atoms with Gasteiger partial charge in [-0.1, -0.05) is 15.9 Å². The van der Waals surface area contributed by atoms with Crippen molar-refractivity contribution in [2.24, 2.45) is 5.92 Å². The van der Waals surface area contributed by atoms with Gasteiger partial charge in [0.1, 0.15) is 0 Å². The van der Waals surface area contributed by atoms with Crippen LogP contribution in [0.25, 0.3) is 0 Å². The monoisotopic (exact) mass is 275 g/mol. The molecule has 15 heavy (non-hydrogen) atoms. The van der Waals surface area contributed by atoms with Crippen molar-refractivity contribution in [3.63, 3.8) is 0 Å². The Bertz CT molecular complexity index is 200. The van der Waals surface area contributed by atoms with Crippen molar-refractivity contribution >= 4 is 15.9 Å². The number of rotatable bonds is 3. The minimum atomic E-state index is 0.520. The normalized spacial score (nSPS) is 38.4. The largest absolute Gasteiger partial charge is 0.381 e. The molecule has 0 radical (unpaired) electrons. The van der Waals surface area contributed by atoms with E-state index in [2.05, 4.69) is 20.8 Å². The van der Waals surface area contributed by atoms with Gasteiger partial charge in [-0.15, -0.1) is 0 Å². The molecule has 0 spiro atoms. The molecule has 3 unspecified atom stereocenters. The number of hydrogen-bond donors (Lipinski definition) is 0. The molecule has 88 valence electrons. The predicted molar refractivity (Wildman–Crippen MR) is 66.5 cm³/mol. The molecule has 1 saturated carbocycles. The molecule has 2 fully saturated rings. The maximum Gasteiger partial charge on any atom is 0.0586 e. The van der Waals surface area contributed by atoms with E-state index in [-0.39, 0.29) is 0 Å². The molecule has 1 aliphatic heterocycles. The van der Waals surface area contributed by atoms with Crippen LogP contribution >= 0.6 is 15.9 Å². The number of ether oxygens (including phenoxy) is 1. The molecule has 2 nitrogen and oxygen atoms in total. The predicted octanol–water partition coefficient (Wildman–Crippen LogP) is 2.66. The van der Waals surface area contributed by atoms with E-state index < -0.39 is 0 Å². The van der Waals surface area contributed by atoms with Gasteiger partial charge in [-0.3, -0.25) is 4.90 Å². The first-order valence-corrected chi connectivity index (χ1v) is 7.28. The Kier molecular flexibility index (Phi) is 4.47. The number of likely N-dealkylation sites (tertiary alicyclic amines) is 1. The number of halogens is 1. The van der Waals surface area contributed by atoms with Crippen LogP contribution < -0.4 is 0 Å². The maximum absolute atomic E-state index is 5.50. The van der Waals surface area contributed by atoms with Crippen LogP contribution in [-0.4, -0.2) is 42.6 Å². The van der Waals surface area contributed by atoms with Crippen molar-refractivity contribution in [3.05, 3.63) is 0 Å². The zero-order chi connectivity index (χ0) is 10.7. The molecule has 1 saturated heterocycles. The van der Waals surface area contributed by atoms with Gasteiger partial charge in [0.2, 0.25) is 0 Å².